The van der Waals surface area contributed by atoms with Gasteiger partial charge in [0.2, 0.25) is 0 Å². The van der Waals surface area contributed by atoms with Crippen molar-refractivity contribution in [1.29, 1.82) is 5.26 Å². The van der Waals surface area contributed by atoms with E-state index in [9.17, 15) is 5.26 Å². The highest BCUT2D eigenvalue weighted by molar-refractivity contribution is 5.77. The first-order chi connectivity index (χ1) is 12.1. The molecular weight excluding hydrogens is 308 g/mol. The standard InChI is InChI=1S/C21H34N4/c1-4-5-6-7-8-16(2)19-10-9-17(15-22)21(20(19)23)24-18-11-13-25(3)14-12-18/h9-10,16,18,24H,4-8,11-14,23H2,1-3H3. The Labute approximate surface area is 153 Å². The van der Waals surface area contributed by atoms with Crippen molar-refractivity contribution in [2.45, 2.75) is 70.8 Å². The molecule has 25 heavy (non-hydrogen) atoms. The lowest BCUT2D eigenvalue weighted by atomic mass is 9.91. The number of anilines is 2. The van der Waals surface area contributed by atoms with Crippen molar-refractivity contribution in [3.05, 3.63) is 23.3 Å². The number of nitrogens with two attached hydrogens (primary N) is 1. The molecule has 1 heterocycles. The molecule has 0 saturated carbocycles. The van der Waals surface area contributed by atoms with E-state index in [1.165, 1.54) is 31.2 Å². The van der Waals surface area contributed by atoms with E-state index in [0.29, 0.717) is 17.5 Å². The molecule has 0 radical (unpaired) electrons. The number of hydrogen-bond donors (Lipinski definition) is 2. The lowest BCUT2D eigenvalue weighted by Crippen LogP contribution is -2.37. The van der Waals surface area contributed by atoms with E-state index in [-0.39, 0.29) is 0 Å². The molecule has 4 nitrogen and oxygen atoms in total. The third-order valence-electron chi connectivity index (χ3n) is 5.49. The van der Waals surface area contributed by atoms with Crippen LogP contribution in [0.1, 0.15) is 75.8 Å². The number of hydrogen-bond acceptors (Lipinski definition) is 4. The summed E-state index contributed by atoms with van der Waals surface area (Å²) in [4.78, 5) is 2.35. The van der Waals surface area contributed by atoms with Gasteiger partial charge in [0.25, 0.3) is 0 Å². The topological polar surface area (TPSA) is 65.1 Å². The fourth-order valence-corrected chi connectivity index (χ4v) is 3.70. The van der Waals surface area contributed by atoms with Crippen LogP contribution < -0.4 is 11.1 Å². The minimum Gasteiger partial charge on any atom is -0.397 e. The first kappa shape index (κ1) is 19.6. The van der Waals surface area contributed by atoms with E-state index >= 15 is 0 Å². The Morgan fingerprint density at radius 3 is 2.64 bits per heavy atom. The van der Waals surface area contributed by atoms with Crippen molar-refractivity contribution < 1.29 is 0 Å². The average molecular weight is 343 g/mol. The summed E-state index contributed by atoms with van der Waals surface area (Å²) in [5.74, 6) is 0.433. The van der Waals surface area contributed by atoms with Crippen LogP contribution in [0.5, 0.6) is 0 Å². The van der Waals surface area contributed by atoms with E-state index < -0.39 is 0 Å². The highest BCUT2D eigenvalue weighted by atomic mass is 15.1. The zero-order valence-corrected chi connectivity index (χ0v) is 16.1. The Balaban J connectivity index is 2.11. The van der Waals surface area contributed by atoms with Gasteiger partial charge in [-0.3, -0.25) is 0 Å². The maximum atomic E-state index is 9.49. The Bertz CT molecular complexity index is 582. The van der Waals surface area contributed by atoms with Gasteiger partial charge in [-0.25, -0.2) is 0 Å². The van der Waals surface area contributed by atoms with Crippen molar-refractivity contribution in [2.75, 3.05) is 31.2 Å². The number of likely N-dealkylation sites (tertiary alicyclic amines) is 1. The highest BCUT2D eigenvalue weighted by Gasteiger charge is 2.21. The van der Waals surface area contributed by atoms with Crippen molar-refractivity contribution in [1.82, 2.24) is 4.90 Å². The molecule has 1 unspecified atom stereocenters. The first-order valence-electron chi connectivity index (χ1n) is 9.84. The van der Waals surface area contributed by atoms with E-state index in [0.717, 1.165) is 43.7 Å². The van der Waals surface area contributed by atoms with Gasteiger partial charge in [-0.05, 0) is 56.9 Å². The Hall–Kier alpha value is -1.73. The number of unbranched alkanes of at least 4 members (excludes halogenated alkanes) is 3. The van der Waals surface area contributed by atoms with Gasteiger partial charge >= 0.3 is 0 Å². The van der Waals surface area contributed by atoms with Crippen LogP contribution in [0.4, 0.5) is 11.4 Å². The predicted molar refractivity (Wildman–Crippen MR) is 107 cm³/mol. The number of nitrogens with one attached hydrogen (secondary N) is 1. The molecule has 1 fully saturated rings. The zero-order valence-electron chi connectivity index (χ0n) is 16.1. The Kier molecular flexibility index (Phi) is 7.58. The van der Waals surface area contributed by atoms with Gasteiger partial charge in [-0.15, -0.1) is 0 Å². The van der Waals surface area contributed by atoms with Crippen LogP contribution >= 0.6 is 0 Å². The molecule has 1 aliphatic heterocycles. The summed E-state index contributed by atoms with van der Waals surface area (Å²) in [5.41, 5.74) is 10.00. The van der Waals surface area contributed by atoms with E-state index in [1.54, 1.807) is 0 Å². The number of benzene rings is 1. The molecule has 1 saturated heterocycles. The Morgan fingerprint density at radius 1 is 1.28 bits per heavy atom. The second-order valence-corrected chi connectivity index (χ2v) is 7.58. The van der Waals surface area contributed by atoms with Crippen LogP contribution in [0.25, 0.3) is 0 Å². The predicted octanol–water partition coefficient (Wildman–Crippen LogP) is 4.72. The number of nitrogens with zero attached hydrogens (tertiary/aromatic N) is 2. The van der Waals surface area contributed by atoms with E-state index in [4.69, 9.17) is 5.73 Å². The molecule has 0 bridgehead atoms. The minimum absolute atomic E-state index is 0.403. The fraction of sp³-hybridized carbons (Fsp3) is 0.667. The lowest BCUT2D eigenvalue weighted by Gasteiger charge is -2.31. The molecule has 0 spiro atoms. The molecule has 2 rings (SSSR count). The minimum atomic E-state index is 0.403. The molecule has 1 aliphatic rings. The van der Waals surface area contributed by atoms with Crippen LogP contribution in [-0.2, 0) is 0 Å². The normalized spacial score (nSPS) is 17.2. The van der Waals surface area contributed by atoms with Crippen LogP contribution in [0, 0.1) is 11.3 Å². The molecule has 138 valence electrons. The van der Waals surface area contributed by atoms with Gasteiger partial charge in [0.15, 0.2) is 0 Å². The van der Waals surface area contributed by atoms with Gasteiger partial charge < -0.3 is 16.0 Å². The molecule has 4 heteroatoms. The lowest BCUT2D eigenvalue weighted by molar-refractivity contribution is 0.264. The molecule has 3 N–H and O–H groups in total. The summed E-state index contributed by atoms with van der Waals surface area (Å²) >= 11 is 0. The smallest absolute Gasteiger partial charge is 0.101 e. The molecule has 0 aromatic heterocycles. The van der Waals surface area contributed by atoms with E-state index in [2.05, 4.69) is 43.2 Å². The molecule has 0 aliphatic carbocycles. The third-order valence-corrected chi connectivity index (χ3v) is 5.49. The number of piperidine rings is 1. The maximum Gasteiger partial charge on any atom is 0.101 e. The van der Waals surface area contributed by atoms with Gasteiger partial charge in [0, 0.05) is 6.04 Å². The molecular formula is C21H34N4. The van der Waals surface area contributed by atoms with Gasteiger partial charge in [0.1, 0.15) is 6.07 Å². The molecule has 1 aromatic rings. The van der Waals surface area contributed by atoms with E-state index in [1.807, 2.05) is 6.07 Å². The summed E-state index contributed by atoms with van der Waals surface area (Å²) in [5, 5.41) is 13.1. The quantitative estimate of drug-likeness (QED) is 0.530. The Morgan fingerprint density at radius 2 is 2.00 bits per heavy atom. The van der Waals surface area contributed by atoms with Crippen LogP contribution in [0.15, 0.2) is 12.1 Å². The van der Waals surface area contributed by atoms with Crippen molar-refractivity contribution >= 4 is 11.4 Å². The number of rotatable bonds is 8. The van der Waals surface area contributed by atoms with Gasteiger partial charge in [-0.2, -0.15) is 5.26 Å². The zero-order chi connectivity index (χ0) is 18.2. The maximum absolute atomic E-state index is 9.49. The van der Waals surface area contributed by atoms with Gasteiger partial charge in [0.05, 0.1) is 16.9 Å². The summed E-state index contributed by atoms with van der Waals surface area (Å²) in [6.45, 7) is 6.67. The summed E-state index contributed by atoms with van der Waals surface area (Å²) in [7, 11) is 2.16. The summed E-state index contributed by atoms with van der Waals surface area (Å²) in [6.07, 6.45) is 8.44. The highest BCUT2D eigenvalue weighted by Crippen LogP contribution is 2.35. The SMILES string of the molecule is CCCCCCC(C)c1ccc(C#N)c(NC2CCN(C)CC2)c1N. The average Bonchev–Trinajstić information content (AvgIpc) is 2.62. The largest absolute Gasteiger partial charge is 0.397 e. The second kappa shape index (κ2) is 9.68. The van der Waals surface area contributed by atoms with Crippen LogP contribution in [0.3, 0.4) is 0 Å². The molecule has 1 aromatic carbocycles. The number of nitriles is 1. The van der Waals surface area contributed by atoms with Gasteiger partial charge in [-0.1, -0.05) is 45.6 Å². The van der Waals surface area contributed by atoms with Crippen molar-refractivity contribution in [2.24, 2.45) is 0 Å². The monoisotopic (exact) mass is 342 g/mol. The summed E-state index contributed by atoms with van der Waals surface area (Å²) in [6, 6.07) is 6.70. The van der Waals surface area contributed by atoms with Crippen LogP contribution in [0.2, 0.25) is 0 Å². The fourth-order valence-electron chi connectivity index (χ4n) is 3.70. The van der Waals surface area contributed by atoms with Crippen molar-refractivity contribution in [3.8, 4) is 6.07 Å². The second-order valence-electron chi connectivity index (χ2n) is 7.58. The summed E-state index contributed by atoms with van der Waals surface area (Å²) < 4.78 is 0. The van der Waals surface area contributed by atoms with Crippen LogP contribution in [-0.4, -0.2) is 31.1 Å². The van der Waals surface area contributed by atoms with Crippen molar-refractivity contribution in [3.63, 3.8) is 0 Å². The molecule has 1 atom stereocenters. The number of nitrogen functional groups attached to an aromatic ring is 1. The first-order valence-corrected chi connectivity index (χ1v) is 9.84. The third kappa shape index (κ3) is 5.37. The molecule has 0 amide bonds.